The van der Waals surface area contributed by atoms with Crippen molar-refractivity contribution in [2.24, 2.45) is 5.41 Å². The summed E-state index contributed by atoms with van der Waals surface area (Å²) in [6, 6.07) is 7.34. The largest absolute Gasteiger partial charge is 0.339 e. The van der Waals surface area contributed by atoms with E-state index in [1.54, 1.807) is 6.07 Å². The zero-order chi connectivity index (χ0) is 14.0. The second-order valence-corrected chi connectivity index (χ2v) is 6.43. The Kier molecular flexibility index (Phi) is 3.99. The van der Waals surface area contributed by atoms with E-state index in [2.05, 4.69) is 5.32 Å². The molecule has 1 aromatic carbocycles. The molecular weight excluding hydrogens is 272 g/mol. The van der Waals surface area contributed by atoms with Gasteiger partial charge in [-0.2, -0.15) is 0 Å². The SMILES string of the molecule is O=C(c1ccccc1Cl)N1CCC2(CCNCC2)CC1. The number of amides is 1. The molecule has 2 aliphatic heterocycles. The Balaban J connectivity index is 1.66. The van der Waals surface area contributed by atoms with Crippen LogP contribution in [0.15, 0.2) is 24.3 Å². The highest BCUT2D eigenvalue weighted by molar-refractivity contribution is 6.33. The van der Waals surface area contributed by atoms with Crippen molar-refractivity contribution >= 4 is 17.5 Å². The number of nitrogens with zero attached hydrogens (tertiary/aromatic N) is 1. The number of carbonyl (C=O) groups excluding carboxylic acids is 1. The third kappa shape index (κ3) is 2.70. The van der Waals surface area contributed by atoms with Gasteiger partial charge in [-0.1, -0.05) is 23.7 Å². The summed E-state index contributed by atoms with van der Waals surface area (Å²) < 4.78 is 0. The van der Waals surface area contributed by atoms with Crippen LogP contribution in [0, 0.1) is 5.41 Å². The summed E-state index contributed by atoms with van der Waals surface area (Å²) in [5, 5.41) is 3.98. The summed E-state index contributed by atoms with van der Waals surface area (Å²) in [5.74, 6) is 0.0828. The van der Waals surface area contributed by atoms with Crippen LogP contribution in [0.3, 0.4) is 0 Å². The average Bonchev–Trinajstić information content (AvgIpc) is 2.49. The third-order valence-electron chi connectivity index (χ3n) is 4.88. The Bertz CT molecular complexity index is 487. The Morgan fingerprint density at radius 3 is 2.40 bits per heavy atom. The van der Waals surface area contributed by atoms with Gasteiger partial charge in [-0.3, -0.25) is 4.79 Å². The van der Waals surface area contributed by atoms with Crippen molar-refractivity contribution in [3.8, 4) is 0 Å². The molecule has 2 saturated heterocycles. The minimum absolute atomic E-state index is 0.0828. The molecule has 0 unspecified atom stereocenters. The molecule has 1 aromatic rings. The molecule has 108 valence electrons. The number of benzene rings is 1. The lowest BCUT2D eigenvalue weighted by atomic mass is 9.71. The second-order valence-electron chi connectivity index (χ2n) is 6.02. The Morgan fingerprint density at radius 1 is 1.10 bits per heavy atom. The molecule has 4 heteroatoms. The number of likely N-dealkylation sites (tertiary alicyclic amines) is 1. The first-order chi connectivity index (χ1) is 9.70. The fraction of sp³-hybridized carbons (Fsp3) is 0.562. The van der Waals surface area contributed by atoms with E-state index >= 15 is 0 Å². The molecule has 20 heavy (non-hydrogen) atoms. The van der Waals surface area contributed by atoms with E-state index in [0.717, 1.165) is 39.0 Å². The van der Waals surface area contributed by atoms with Crippen molar-refractivity contribution in [2.45, 2.75) is 25.7 Å². The molecule has 2 fully saturated rings. The molecule has 0 radical (unpaired) electrons. The monoisotopic (exact) mass is 292 g/mol. The third-order valence-corrected chi connectivity index (χ3v) is 5.21. The van der Waals surface area contributed by atoms with Crippen molar-refractivity contribution in [3.05, 3.63) is 34.9 Å². The molecule has 3 nitrogen and oxygen atoms in total. The molecule has 0 atom stereocenters. The molecule has 0 aromatic heterocycles. The number of halogens is 1. The predicted molar refractivity (Wildman–Crippen MR) is 81.1 cm³/mol. The van der Waals surface area contributed by atoms with Gasteiger partial charge in [0.25, 0.3) is 5.91 Å². The molecule has 2 heterocycles. The van der Waals surface area contributed by atoms with Gasteiger partial charge >= 0.3 is 0 Å². The van der Waals surface area contributed by atoms with E-state index in [9.17, 15) is 4.79 Å². The van der Waals surface area contributed by atoms with Gasteiger partial charge in [-0.25, -0.2) is 0 Å². The van der Waals surface area contributed by atoms with Crippen LogP contribution in [0.2, 0.25) is 5.02 Å². The summed E-state index contributed by atoms with van der Waals surface area (Å²) in [6.45, 7) is 3.98. The minimum atomic E-state index is 0.0828. The lowest BCUT2D eigenvalue weighted by molar-refractivity contribution is 0.0496. The molecule has 3 rings (SSSR count). The standard InChI is InChI=1S/C16H21ClN2O/c17-14-4-2-1-3-13(14)15(20)19-11-7-16(8-12-19)5-9-18-10-6-16/h1-4,18H,5-12H2. The van der Waals surface area contributed by atoms with Gasteiger partial charge in [0.1, 0.15) is 0 Å². The Labute approximate surface area is 125 Å². The molecule has 1 spiro atoms. The molecule has 2 aliphatic rings. The highest BCUT2D eigenvalue weighted by atomic mass is 35.5. The summed E-state index contributed by atoms with van der Waals surface area (Å²) >= 11 is 6.12. The van der Waals surface area contributed by atoms with E-state index in [1.165, 1.54) is 12.8 Å². The number of piperidine rings is 2. The van der Waals surface area contributed by atoms with Crippen LogP contribution in [-0.2, 0) is 0 Å². The van der Waals surface area contributed by atoms with Crippen molar-refractivity contribution in [1.82, 2.24) is 10.2 Å². The number of hydrogen-bond acceptors (Lipinski definition) is 2. The first-order valence-corrected chi connectivity index (χ1v) is 7.83. The second kappa shape index (κ2) is 5.74. The zero-order valence-electron chi connectivity index (χ0n) is 11.7. The molecule has 1 amide bonds. The van der Waals surface area contributed by atoms with Crippen LogP contribution in [0.4, 0.5) is 0 Å². The van der Waals surface area contributed by atoms with E-state index < -0.39 is 0 Å². The van der Waals surface area contributed by atoms with Crippen LogP contribution in [0.25, 0.3) is 0 Å². The first-order valence-electron chi connectivity index (χ1n) is 7.45. The fourth-order valence-corrected chi connectivity index (χ4v) is 3.66. The summed E-state index contributed by atoms with van der Waals surface area (Å²) in [5.41, 5.74) is 1.11. The number of carbonyl (C=O) groups is 1. The molecule has 0 saturated carbocycles. The summed E-state index contributed by atoms with van der Waals surface area (Å²) in [7, 11) is 0. The quantitative estimate of drug-likeness (QED) is 0.863. The summed E-state index contributed by atoms with van der Waals surface area (Å²) in [4.78, 5) is 14.5. The van der Waals surface area contributed by atoms with Gasteiger partial charge < -0.3 is 10.2 Å². The van der Waals surface area contributed by atoms with Crippen LogP contribution in [0.5, 0.6) is 0 Å². The highest BCUT2D eigenvalue weighted by Crippen LogP contribution is 2.39. The van der Waals surface area contributed by atoms with Crippen molar-refractivity contribution in [1.29, 1.82) is 0 Å². The van der Waals surface area contributed by atoms with Crippen molar-refractivity contribution < 1.29 is 4.79 Å². The topological polar surface area (TPSA) is 32.3 Å². The zero-order valence-corrected chi connectivity index (χ0v) is 12.5. The van der Waals surface area contributed by atoms with E-state index in [1.807, 2.05) is 23.1 Å². The number of hydrogen-bond donors (Lipinski definition) is 1. The van der Waals surface area contributed by atoms with Crippen molar-refractivity contribution in [2.75, 3.05) is 26.2 Å². The average molecular weight is 293 g/mol. The molecule has 1 N–H and O–H groups in total. The normalized spacial score (nSPS) is 21.9. The van der Waals surface area contributed by atoms with Gasteiger partial charge in [0.15, 0.2) is 0 Å². The Hall–Kier alpha value is -1.06. The highest BCUT2D eigenvalue weighted by Gasteiger charge is 2.36. The smallest absolute Gasteiger partial charge is 0.255 e. The van der Waals surface area contributed by atoms with Gasteiger partial charge in [0.05, 0.1) is 10.6 Å². The number of nitrogens with one attached hydrogen (secondary N) is 1. The lowest BCUT2D eigenvalue weighted by Gasteiger charge is -2.44. The van der Waals surface area contributed by atoms with E-state index in [-0.39, 0.29) is 5.91 Å². The van der Waals surface area contributed by atoms with E-state index in [4.69, 9.17) is 11.6 Å². The summed E-state index contributed by atoms with van der Waals surface area (Å²) in [6.07, 6.45) is 4.76. The van der Waals surface area contributed by atoms with Gasteiger partial charge in [0, 0.05) is 13.1 Å². The maximum Gasteiger partial charge on any atom is 0.255 e. The maximum atomic E-state index is 12.5. The van der Waals surface area contributed by atoms with Gasteiger partial charge in [0.2, 0.25) is 0 Å². The molecule has 0 bridgehead atoms. The van der Waals surface area contributed by atoms with Crippen LogP contribution in [-0.4, -0.2) is 37.0 Å². The van der Waals surface area contributed by atoms with Crippen LogP contribution in [0.1, 0.15) is 36.0 Å². The molecular formula is C16H21ClN2O. The maximum absolute atomic E-state index is 12.5. The van der Waals surface area contributed by atoms with Gasteiger partial charge in [-0.15, -0.1) is 0 Å². The minimum Gasteiger partial charge on any atom is -0.339 e. The number of rotatable bonds is 1. The van der Waals surface area contributed by atoms with Crippen LogP contribution >= 0.6 is 11.6 Å². The fourth-order valence-electron chi connectivity index (χ4n) is 3.45. The van der Waals surface area contributed by atoms with E-state index in [0.29, 0.717) is 16.0 Å². The van der Waals surface area contributed by atoms with Gasteiger partial charge in [-0.05, 0) is 56.3 Å². The first kappa shape index (κ1) is 13.9. The lowest BCUT2D eigenvalue weighted by Crippen LogP contribution is -2.47. The van der Waals surface area contributed by atoms with Crippen molar-refractivity contribution in [3.63, 3.8) is 0 Å². The predicted octanol–water partition coefficient (Wildman–Crippen LogP) is 2.95. The van der Waals surface area contributed by atoms with Crippen LogP contribution < -0.4 is 5.32 Å². The molecule has 0 aliphatic carbocycles. The Morgan fingerprint density at radius 2 is 1.75 bits per heavy atom.